The number of hydrogen-bond donors (Lipinski definition) is 1. The van der Waals surface area contributed by atoms with Crippen molar-refractivity contribution in [1.29, 1.82) is 0 Å². The van der Waals surface area contributed by atoms with Crippen LogP contribution < -0.4 is 10.6 Å². The molecule has 0 aliphatic heterocycles. The Morgan fingerprint density at radius 3 is 2.13 bits per heavy atom. The second-order valence-corrected chi connectivity index (χ2v) is 8.77. The molecule has 1 aromatic rings. The fourth-order valence-corrected chi connectivity index (χ4v) is 2.30. The van der Waals surface area contributed by atoms with Crippen LogP contribution in [0.5, 0.6) is 0 Å². The first kappa shape index (κ1) is 12.5. The molecule has 0 heterocycles. The molecule has 0 amide bonds. The summed E-state index contributed by atoms with van der Waals surface area (Å²) >= 11 is 0. The van der Waals surface area contributed by atoms with Gasteiger partial charge in [-0.15, -0.1) is 0 Å². The van der Waals surface area contributed by atoms with Crippen molar-refractivity contribution >= 4 is 18.5 Å². The molecule has 0 aliphatic carbocycles. The SMILES string of the molecule is C=P(C)(C)c1ccc(CNC(C)C)cc1. The topological polar surface area (TPSA) is 12.0 Å². The molecule has 1 nitrogen and oxygen atoms in total. The number of rotatable bonds is 4. The van der Waals surface area contributed by atoms with Crippen LogP contribution in [-0.4, -0.2) is 25.7 Å². The fourth-order valence-electron chi connectivity index (χ4n) is 1.34. The van der Waals surface area contributed by atoms with E-state index < -0.39 is 6.89 Å². The predicted molar refractivity (Wildman–Crippen MR) is 73.9 cm³/mol. The maximum absolute atomic E-state index is 4.24. The molecule has 1 rings (SSSR count). The Morgan fingerprint density at radius 1 is 1.20 bits per heavy atom. The van der Waals surface area contributed by atoms with Crippen molar-refractivity contribution in [3.8, 4) is 0 Å². The van der Waals surface area contributed by atoms with Crippen LogP contribution in [0.3, 0.4) is 0 Å². The maximum Gasteiger partial charge on any atom is 0.0207 e. The third kappa shape index (κ3) is 4.24. The van der Waals surface area contributed by atoms with E-state index in [1.54, 1.807) is 0 Å². The van der Waals surface area contributed by atoms with Gasteiger partial charge in [0.25, 0.3) is 0 Å². The molecular weight excluding hydrogens is 201 g/mol. The zero-order valence-corrected chi connectivity index (χ0v) is 11.1. The lowest BCUT2D eigenvalue weighted by atomic mass is 10.2. The molecule has 0 saturated heterocycles. The van der Waals surface area contributed by atoms with Crippen molar-refractivity contribution < 1.29 is 0 Å². The summed E-state index contributed by atoms with van der Waals surface area (Å²) in [7, 11) is 0. The lowest BCUT2D eigenvalue weighted by molar-refractivity contribution is 0.589. The van der Waals surface area contributed by atoms with Crippen molar-refractivity contribution in [2.24, 2.45) is 0 Å². The molecule has 0 bridgehead atoms. The molecule has 0 aliphatic rings. The molecule has 0 unspecified atom stereocenters. The smallest absolute Gasteiger partial charge is 0.0207 e. The number of nitrogens with one attached hydrogen (secondary N) is 1. The Balaban J connectivity index is 2.69. The van der Waals surface area contributed by atoms with E-state index in [1.807, 2.05) is 0 Å². The minimum absolute atomic E-state index is 0.543. The van der Waals surface area contributed by atoms with Crippen LogP contribution in [0.4, 0.5) is 0 Å². The highest BCUT2D eigenvalue weighted by molar-refractivity contribution is 7.79. The van der Waals surface area contributed by atoms with Gasteiger partial charge in [0.2, 0.25) is 0 Å². The normalized spacial score (nSPS) is 12.1. The second kappa shape index (κ2) is 5.01. The summed E-state index contributed by atoms with van der Waals surface area (Å²) < 4.78 is 0. The molecule has 0 radical (unpaired) electrons. The first-order valence-corrected chi connectivity index (χ1v) is 8.27. The molecule has 0 aromatic heterocycles. The van der Waals surface area contributed by atoms with Gasteiger partial charge < -0.3 is 5.32 Å². The van der Waals surface area contributed by atoms with Crippen molar-refractivity contribution in [3.63, 3.8) is 0 Å². The summed E-state index contributed by atoms with van der Waals surface area (Å²) in [5.74, 6) is 0. The third-order valence-corrected chi connectivity index (χ3v) is 4.05. The molecule has 1 N–H and O–H groups in total. The highest BCUT2D eigenvalue weighted by Gasteiger charge is 2.03. The van der Waals surface area contributed by atoms with E-state index in [-0.39, 0.29) is 0 Å². The van der Waals surface area contributed by atoms with Crippen LogP contribution in [0.2, 0.25) is 0 Å². The summed E-state index contributed by atoms with van der Waals surface area (Å²) in [6.07, 6.45) is 4.24. The van der Waals surface area contributed by atoms with Gasteiger partial charge in [-0.3, -0.25) is 0 Å². The molecule has 0 fully saturated rings. The number of benzene rings is 1. The maximum atomic E-state index is 4.24. The van der Waals surface area contributed by atoms with Gasteiger partial charge in [-0.1, -0.05) is 51.3 Å². The lowest BCUT2D eigenvalue weighted by Crippen LogP contribution is -2.22. The van der Waals surface area contributed by atoms with Crippen molar-refractivity contribution in [1.82, 2.24) is 5.32 Å². The predicted octanol–water partition coefficient (Wildman–Crippen LogP) is 2.52. The van der Waals surface area contributed by atoms with E-state index in [4.69, 9.17) is 0 Å². The van der Waals surface area contributed by atoms with Crippen LogP contribution in [0.1, 0.15) is 19.4 Å². The second-order valence-electron chi connectivity index (χ2n) is 4.89. The van der Waals surface area contributed by atoms with Gasteiger partial charge in [-0.25, -0.2) is 0 Å². The average Bonchev–Trinajstić information content (AvgIpc) is 2.14. The van der Waals surface area contributed by atoms with Gasteiger partial charge in [0, 0.05) is 12.6 Å². The third-order valence-electron chi connectivity index (χ3n) is 2.35. The van der Waals surface area contributed by atoms with Gasteiger partial charge in [-0.2, -0.15) is 0 Å². The van der Waals surface area contributed by atoms with Gasteiger partial charge >= 0.3 is 0 Å². The summed E-state index contributed by atoms with van der Waals surface area (Å²) in [6, 6.07) is 9.40. The van der Waals surface area contributed by atoms with Crippen LogP contribution in [0.25, 0.3) is 0 Å². The van der Waals surface area contributed by atoms with Crippen molar-refractivity contribution in [3.05, 3.63) is 29.8 Å². The van der Waals surface area contributed by atoms with E-state index in [0.29, 0.717) is 6.04 Å². The first-order valence-electron chi connectivity index (χ1n) is 5.41. The molecule has 0 saturated carbocycles. The van der Waals surface area contributed by atoms with Gasteiger partial charge in [0.05, 0.1) is 0 Å². The van der Waals surface area contributed by atoms with Gasteiger partial charge in [0.1, 0.15) is 0 Å². The summed E-state index contributed by atoms with van der Waals surface area (Å²) in [5, 5.41) is 4.81. The monoisotopic (exact) mass is 223 g/mol. The van der Waals surface area contributed by atoms with E-state index in [9.17, 15) is 0 Å². The number of hydrogen-bond acceptors (Lipinski definition) is 1. The van der Waals surface area contributed by atoms with Crippen LogP contribution >= 0.6 is 6.89 Å². The average molecular weight is 223 g/mol. The molecule has 15 heavy (non-hydrogen) atoms. The minimum Gasteiger partial charge on any atom is -0.310 e. The van der Waals surface area contributed by atoms with E-state index in [1.165, 1.54) is 10.9 Å². The zero-order chi connectivity index (χ0) is 11.5. The van der Waals surface area contributed by atoms with Crippen LogP contribution in [-0.2, 0) is 6.54 Å². The minimum atomic E-state index is -1.10. The van der Waals surface area contributed by atoms with Gasteiger partial charge in [0.15, 0.2) is 0 Å². The summed E-state index contributed by atoms with van der Waals surface area (Å²) in [6.45, 7) is 8.68. The Morgan fingerprint density at radius 2 is 1.73 bits per heavy atom. The largest absolute Gasteiger partial charge is 0.310 e. The quantitative estimate of drug-likeness (QED) is 0.773. The van der Waals surface area contributed by atoms with Gasteiger partial charge in [-0.05, 0) is 24.2 Å². The van der Waals surface area contributed by atoms with Crippen molar-refractivity contribution in [2.45, 2.75) is 26.4 Å². The Hall–Kier alpha value is -0.520. The Bertz CT molecular complexity index is 345. The zero-order valence-electron chi connectivity index (χ0n) is 10.2. The molecule has 84 valence electrons. The van der Waals surface area contributed by atoms with E-state index in [0.717, 1.165) is 6.54 Å². The Labute approximate surface area is 93.9 Å². The van der Waals surface area contributed by atoms with Crippen LogP contribution in [0.15, 0.2) is 24.3 Å². The van der Waals surface area contributed by atoms with E-state index in [2.05, 4.69) is 63.1 Å². The molecular formula is C13H22NP. The van der Waals surface area contributed by atoms with E-state index >= 15 is 0 Å². The lowest BCUT2D eigenvalue weighted by Gasteiger charge is -2.14. The summed E-state index contributed by atoms with van der Waals surface area (Å²) in [5.41, 5.74) is 1.35. The Kier molecular flexibility index (Phi) is 4.19. The van der Waals surface area contributed by atoms with Crippen molar-refractivity contribution in [2.75, 3.05) is 13.3 Å². The molecule has 1 aromatic carbocycles. The first-order chi connectivity index (χ1) is 6.89. The highest BCUT2D eigenvalue weighted by atomic mass is 31.2. The molecule has 2 heteroatoms. The molecule has 0 spiro atoms. The molecule has 0 atom stereocenters. The fraction of sp³-hybridized carbons (Fsp3) is 0.462. The summed E-state index contributed by atoms with van der Waals surface area (Å²) in [4.78, 5) is 0. The highest BCUT2D eigenvalue weighted by Crippen LogP contribution is 2.33. The van der Waals surface area contributed by atoms with Crippen LogP contribution in [0, 0.1) is 0 Å². The standard InChI is InChI=1S/C13H22NP/c1-11(2)14-10-12-6-8-13(9-7-12)15(3,4)5/h6-9,11,14H,3,10H2,1-2,4-5H3.